The Labute approximate surface area is 214 Å². The minimum absolute atomic E-state index is 0.0124. The second-order valence-corrected chi connectivity index (χ2v) is 11.8. The number of carbonyl (C=O) groups is 1. The summed E-state index contributed by atoms with van der Waals surface area (Å²) in [7, 11) is 0. The smallest absolute Gasteiger partial charge is 0.407 e. The van der Waals surface area contributed by atoms with Gasteiger partial charge in [-0.15, -0.1) is 0 Å². The molecule has 3 heterocycles. The van der Waals surface area contributed by atoms with E-state index in [0.717, 1.165) is 56.4 Å². The van der Waals surface area contributed by atoms with Crippen LogP contribution in [0.3, 0.4) is 0 Å². The van der Waals surface area contributed by atoms with Gasteiger partial charge in [-0.2, -0.15) is 0 Å². The first-order valence-electron chi connectivity index (χ1n) is 13.0. The van der Waals surface area contributed by atoms with Gasteiger partial charge in [0.1, 0.15) is 11.9 Å². The minimum atomic E-state index is -0.286. The maximum Gasteiger partial charge on any atom is 0.407 e. The summed E-state index contributed by atoms with van der Waals surface area (Å²) in [5.74, 6) is 1.21. The van der Waals surface area contributed by atoms with E-state index in [9.17, 15) is 4.79 Å². The number of benzene rings is 2. The number of hydrogen-bond acceptors (Lipinski definition) is 4. The van der Waals surface area contributed by atoms with Crippen molar-refractivity contribution >= 4 is 17.7 Å². The summed E-state index contributed by atoms with van der Waals surface area (Å²) < 4.78 is 11.7. The van der Waals surface area contributed by atoms with Gasteiger partial charge >= 0.3 is 6.09 Å². The van der Waals surface area contributed by atoms with E-state index in [-0.39, 0.29) is 29.8 Å². The third kappa shape index (κ3) is 5.17. The monoisotopic (exact) mass is 496 g/mol. The molecule has 3 fully saturated rings. The molecule has 0 saturated carbocycles. The largest absolute Gasteiger partial charge is 0.489 e. The molecule has 1 amide bonds. The Balaban J connectivity index is 1.34. The fraction of sp³-hybridized carbons (Fsp3) is 0.552. The van der Waals surface area contributed by atoms with Gasteiger partial charge in [0.25, 0.3) is 0 Å². The summed E-state index contributed by atoms with van der Waals surface area (Å²) in [6.07, 6.45) is 4.04. The van der Waals surface area contributed by atoms with Crippen LogP contribution in [0.15, 0.2) is 36.4 Å². The number of fused-ring (bicyclic) bond motifs is 4. The van der Waals surface area contributed by atoms with Crippen molar-refractivity contribution in [2.75, 3.05) is 19.6 Å². The minimum Gasteiger partial charge on any atom is -0.489 e. The van der Waals surface area contributed by atoms with E-state index in [2.05, 4.69) is 48.3 Å². The van der Waals surface area contributed by atoms with Crippen molar-refractivity contribution in [2.24, 2.45) is 11.3 Å². The number of ether oxygens (including phenoxy) is 2. The van der Waals surface area contributed by atoms with Gasteiger partial charge in [0.05, 0.1) is 17.2 Å². The van der Waals surface area contributed by atoms with E-state index in [1.54, 1.807) is 0 Å². The van der Waals surface area contributed by atoms with Gasteiger partial charge in [-0.25, -0.2) is 4.79 Å². The molecule has 6 rings (SSSR count). The second kappa shape index (κ2) is 9.67. The average Bonchev–Trinajstić information content (AvgIpc) is 2.82. The molecule has 0 aromatic heterocycles. The Morgan fingerprint density at radius 3 is 2.49 bits per heavy atom. The molecule has 188 valence electrons. The van der Waals surface area contributed by atoms with Gasteiger partial charge in [0.2, 0.25) is 0 Å². The van der Waals surface area contributed by atoms with Crippen molar-refractivity contribution in [1.82, 2.24) is 10.2 Å². The molecule has 2 bridgehead atoms. The van der Waals surface area contributed by atoms with Crippen molar-refractivity contribution in [2.45, 2.75) is 71.6 Å². The fourth-order valence-corrected chi connectivity index (χ4v) is 6.17. The van der Waals surface area contributed by atoms with Gasteiger partial charge in [0, 0.05) is 6.54 Å². The predicted molar refractivity (Wildman–Crippen MR) is 140 cm³/mol. The van der Waals surface area contributed by atoms with Crippen molar-refractivity contribution in [1.29, 1.82) is 0 Å². The number of alkyl carbamates (subject to hydrolysis) is 1. The summed E-state index contributed by atoms with van der Waals surface area (Å²) in [4.78, 5) is 15.4. The predicted octanol–water partition coefficient (Wildman–Crippen LogP) is 6.63. The number of nitrogens with zero attached hydrogens (tertiary/aromatic N) is 1. The molecule has 1 N–H and O–H groups in total. The number of carbonyl (C=O) groups excluding carboxylic acids is 1. The first-order valence-corrected chi connectivity index (χ1v) is 13.4. The van der Waals surface area contributed by atoms with Gasteiger partial charge in [0.15, 0.2) is 0 Å². The molecule has 6 heteroatoms. The van der Waals surface area contributed by atoms with Crippen molar-refractivity contribution in [3.8, 4) is 16.9 Å². The number of halogens is 1. The molecule has 3 saturated heterocycles. The second-order valence-electron chi connectivity index (χ2n) is 11.4. The molecule has 0 radical (unpaired) electrons. The molecule has 4 aliphatic rings. The number of piperidine rings is 3. The van der Waals surface area contributed by atoms with Crippen LogP contribution in [0.4, 0.5) is 4.79 Å². The Bertz CT molecular complexity index is 1090. The lowest BCUT2D eigenvalue weighted by molar-refractivity contribution is -0.0353. The van der Waals surface area contributed by atoms with Crippen LogP contribution in [0, 0.1) is 11.3 Å². The van der Waals surface area contributed by atoms with Gasteiger partial charge in [-0.3, -0.25) is 4.90 Å². The highest BCUT2D eigenvalue weighted by molar-refractivity contribution is 6.32. The zero-order chi connectivity index (χ0) is 24.7. The lowest BCUT2D eigenvalue weighted by Crippen LogP contribution is -2.53. The number of hydrogen-bond donors (Lipinski definition) is 1. The summed E-state index contributed by atoms with van der Waals surface area (Å²) >= 11 is 6.50. The van der Waals surface area contributed by atoms with Gasteiger partial charge < -0.3 is 14.8 Å². The first-order chi connectivity index (χ1) is 16.7. The van der Waals surface area contributed by atoms with E-state index >= 15 is 0 Å². The molecule has 1 aliphatic carbocycles. The Morgan fingerprint density at radius 2 is 1.83 bits per heavy atom. The number of aryl methyl sites for hydroxylation is 1. The highest BCUT2D eigenvalue weighted by Crippen LogP contribution is 2.45. The molecule has 3 aliphatic heterocycles. The maximum absolute atomic E-state index is 13.0. The molecule has 2 aromatic carbocycles. The molecule has 0 spiro atoms. The summed E-state index contributed by atoms with van der Waals surface area (Å²) in [5, 5.41) is 3.86. The van der Waals surface area contributed by atoms with Crippen LogP contribution in [0.1, 0.15) is 64.1 Å². The summed E-state index contributed by atoms with van der Waals surface area (Å²) in [6.45, 7) is 11.6. The van der Waals surface area contributed by atoms with Gasteiger partial charge in [-0.1, -0.05) is 49.7 Å². The van der Waals surface area contributed by atoms with Crippen LogP contribution in [-0.2, 0) is 11.2 Å². The molecule has 2 atom stereocenters. The molecule has 35 heavy (non-hydrogen) atoms. The van der Waals surface area contributed by atoms with Crippen molar-refractivity contribution in [3.05, 3.63) is 52.5 Å². The SMILES string of the molecule is CC(C)Oc1ccc(-c2ccc3c(c2)CCC(C)(C)[C@H]3NC(=O)O[C@H]2CN3CCC2CC3)cc1Cl. The third-order valence-electron chi connectivity index (χ3n) is 8.02. The van der Waals surface area contributed by atoms with Crippen LogP contribution in [0.2, 0.25) is 5.02 Å². The number of nitrogens with one attached hydrogen (secondary N) is 1. The van der Waals surface area contributed by atoms with Crippen LogP contribution in [0.25, 0.3) is 11.1 Å². The highest BCUT2D eigenvalue weighted by atomic mass is 35.5. The first kappa shape index (κ1) is 24.5. The Morgan fingerprint density at radius 1 is 1.11 bits per heavy atom. The highest BCUT2D eigenvalue weighted by Gasteiger charge is 2.40. The molecule has 2 aromatic rings. The molecule has 5 nitrogen and oxygen atoms in total. The zero-order valence-electron chi connectivity index (χ0n) is 21.3. The third-order valence-corrected chi connectivity index (χ3v) is 8.31. The normalized spacial score (nSPS) is 26.8. The molecular weight excluding hydrogens is 460 g/mol. The van der Waals surface area contributed by atoms with E-state index in [1.165, 1.54) is 11.1 Å². The molecular formula is C29H37ClN2O3. The van der Waals surface area contributed by atoms with Crippen LogP contribution < -0.4 is 10.1 Å². The van der Waals surface area contributed by atoms with Crippen LogP contribution >= 0.6 is 11.6 Å². The topological polar surface area (TPSA) is 50.8 Å². The summed E-state index contributed by atoms with van der Waals surface area (Å²) in [6, 6.07) is 12.4. The summed E-state index contributed by atoms with van der Waals surface area (Å²) in [5.41, 5.74) is 4.58. The fourth-order valence-electron chi connectivity index (χ4n) is 5.94. The van der Waals surface area contributed by atoms with Crippen molar-refractivity contribution < 1.29 is 14.3 Å². The number of amides is 1. The standard InChI is InChI=1S/C29H37ClN2O3/c1-18(2)34-25-8-6-21(16-24(25)30)20-5-7-23-22(15-20)9-12-29(3,4)27(23)31-28(33)35-26-17-32-13-10-19(26)11-14-32/h5-8,15-16,18-19,26-27H,9-14,17H2,1-4H3,(H,31,33)/t26-,27-/m0/s1. The van der Waals surface area contributed by atoms with Crippen LogP contribution in [0.5, 0.6) is 5.75 Å². The lowest BCUT2D eigenvalue weighted by Gasteiger charge is -2.44. The molecule has 0 unspecified atom stereocenters. The van der Waals surface area contributed by atoms with E-state index in [4.69, 9.17) is 21.1 Å². The zero-order valence-corrected chi connectivity index (χ0v) is 22.0. The Hall–Kier alpha value is -2.24. The quantitative estimate of drug-likeness (QED) is 0.504. The average molecular weight is 497 g/mol. The van der Waals surface area contributed by atoms with Gasteiger partial charge in [-0.05, 0) is 98.3 Å². The lowest BCUT2D eigenvalue weighted by atomic mass is 9.70. The van der Waals surface area contributed by atoms with E-state index in [0.29, 0.717) is 16.7 Å². The van der Waals surface area contributed by atoms with Crippen LogP contribution in [-0.4, -0.2) is 42.8 Å². The Kier molecular flexibility index (Phi) is 6.75. The number of rotatable bonds is 5. The van der Waals surface area contributed by atoms with E-state index < -0.39 is 0 Å². The maximum atomic E-state index is 13.0. The van der Waals surface area contributed by atoms with E-state index in [1.807, 2.05) is 26.0 Å². The van der Waals surface area contributed by atoms with Crippen molar-refractivity contribution in [3.63, 3.8) is 0 Å².